The highest BCUT2D eigenvalue weighted by molar-refractivity contribution is 5.59. The van der Waals surface area contributed by atoms with Crippen molar-refractivity contribution in [1.29, 1.82) is 10.5 Å². The molecule has 6 nitrogen and oxygen atoms in total. The topological polar surface area (TPSA) is 86.7 Å². The molecule has 1 heterocycles. The first-order valence-corrected chi connectivity index (χ1v) is 6.78. The summed E-state index contributed by atoms with van der Waals surface area (Å²) in [6.45, 7) is 3.18. The number of allylic oxidation sites excluding steroid dienone is 1. The first-order valence-electron chi connectivity index (χ1n) is 6.78. The third kappa shape index (κ3) is 3.65. The maximum atomic E-state index is 8.74. The van der Waals surface area contributed by atoms with Gasteiger partial charge in [-0.3, -0.25) is 4.68 Å². The average Bonchev–Trinajstić information content (AvgIpc) is 3.02. The number of hydrogen-bond acceptors (Lipinski definition) is 5. The number of aromatic nitrogens is 2. The van der Waals surface area contributed by atoms with Gasteiger partial charge in [-0.05, 0) is 25.1 Å². The van der Waals surface area contributed by atoms with Gasteiger partial charge in [-0.1, -0.05) is 12.1 Å². The van der Waals surface area contributed by atoms with Crippen LogP contribution in [-0.4, -0.2) is 9.78 Å². The molecule has 2 rings (SSSR count). The van der Waals surface area contributed by atoms with Crippen LogP contribution in [0.25, 0.3) is 0 Å². The SMILES string of the molecule is CCn1nccc1COc1ccccc1NC=C(C#N)C#N. The molecule has 0 radical (unpaired) electrons. The van der Waals surface area contributed by atoms with E-state index >= 15 is 0 Å². The summed E-state index contributed by atoms with van der Waals surface area (Å²) in [6.07, 6.45) is 3.10. The summed E-state index contributed by atoms with van der Waals surface area (Å²) < 4.78 is 7.67. The van der Waals surface area contributed by atoms with Crippen molar-refractivity contribution in [3.8, 4) is 17.9 Å². The third-order valence-electron chi connectivity index (χ3n) is 2.98. The standard InChI is InChI=1S/C16H15N5O/c1-2-21-14(7-8-20-21)12-22-16-6-4-3-5-15(16)19-11-13(9-17)10-18/h3-8,11,19H,2,12H2,1H3. The summed E-state index contributed by atoms with van der Waals surface area (Å²) in [5, 5.41) is 24.6. The van der Waals surface area contributed by atoms with Gasteiger partial charge in [0, 0.05) is 18.9 Å². The molecule has 0 saturated carbocycles. The predicted molar refractivity (Wildman–Crippen MR) is 81.6 cm³/mol. The molecule has 0 fully saturated rings. The van der Waals surface area contributed by atoms with E-state index in [1.807, 2.05) is 41.9 Å². The first-order chi connectivity index (χ1) is 10.8. The molecule has 2 aromatic rings. The fourth-order valence-corrected chi connectivity index (χ4v) is 1.87. The van der Waals surface area contributed by atoms with Gasteiger partial charge in [-0.15, -0.1) is 0 Å². The lowest BCUT2D eigenvalue weighted by molar-refractivity contribution is 0.294. The fraction of sp³-hybridized carbons (Fsp3) is 0.188. The molecule has 0 bridgehead atoms. The number of nitrogens with zero attached hydrogens (tertiary/aromatic N) is 4. The number of ether oxygens (including phenoxy) is 1. The zero-order valence-electron chi connectivity index (χ0n) is 12.2. The van der Waals surface area contributed by atoms with Crippen molar-refractivity contribution in [3.63, 3.8) is 0 Å². The van der Waals surface area contributed by atoms with Crippen molar-refractivity contribution in [2.24, 2.45) is 0 Å². The molecule has 0 saturated heterocycles. The molecular formula is C16H15N5O. The van der Waals surface area contributed by atoms with E-state index < -0.39 is 0 Å². The summed E-state index contributed by atoms with van der Waals surface area (Å²) in [6, 6.07) is 12.8. The Bertz CT molecular complexity index is 732. The maximum Gasteiger partial charge on any atom is 0.145 e. The van der Waals surface area contributed by atoms with Crippen LogP contribution in [-0.2, 0) is 13.2 Å². The number of aryl methyl sites for hydroxylation is 1. The second-order valence-electron chi connectivity index (χ2n) is 4.35. The van der Waals surface area contributed by atoms with Crippen molar-refractivity contribution >= 4 is 5.69 Å². The van der Waals surface area contributed by atoms with Crippen LogP contribution in [0.3, 0.4) is 0 Å². The molecule has 1 aromatic heterocycles. The second kappa shape index (κ2) is 7.51. The van der Waals surface area contributed by atoms with E-state index in [1.165, 1.54) is 6.20 Å². The summed E-state index contributed by atoms with van der Waals surface area (Å²) in [4.78, 5) is 0. The van der Waals surface area contributed by atoms with E-state index in [1.54, 1.807) is 18.3 Å². The predicted octanol–water partition coefficient (Wildman–Crippen LogP) is 2.82. The monoisotopic (exact) mass is 293 g/mol. The lowest BCUT2D eigenvalue weighted by Gasteiger charge is -2.11. The van der Waals surface area contributed by atoms with E-state index in [9.17, 15) is 0 Å². The van der Waals surface area contributed by atoms with Crippen LogP contribution in [0.15, 0.2) is 48.3 Å². The van der Waals surface area contributed by atoms with Crippen molar-refractivity contribution in [3.05, 3.63) is 54.0 Å². The number of hydrogen-bond donors (Lipinski definition) is 1. The fourth-order valence-electron chi connectivity index (χ4n) is 1.87. The largest absolute Gasteiger partial charge is 0.485 e. The number of para-hydroxylation sites is 2. The Morgan fingerprint density at radius 2 is 2.09 bits per heavy atom. The smallest absolute Gasteiger partial charge is 0.145 e. The Balaban J connectivity index is 2.11. The van der Waals surface area contributed by atoms with Crippen molar-refractivity contribution < 1.29 is 4.74 Å². The number of rotatable bonds is 6. The second-order valence-corrected chi connectivity index (χ2v) is 4.35. The van der Waals surface area contributed by atoms with Crippen LogP contribution < -0.4 is 10.1 Å². The summed E-state index contributed by atoms with van der Waals surface area (Å²) in [5.41, 5.74) is 1.66. The Labute approximate surface area is 128 Å². The highest BCUT2D eigenvalue weighted by atomic mass is 16.5. The van der Waals surface area contributed by atoms with Gasteiger partial charge in [0.2, 0.25) is 0 Å². The minimum Gasteiger partial charge on any atom is -0.485 e. The van der Waals surface area contributed by atoms with Gasteiger partial charge in [0.25, 0.3) is 0 Å². The maximum absolute atomic E-state index is 8.74. The van der Waals surface area contributed by atoms with Gasteiger partial charge in [0.1, 0.15) is 30.1 Å². The molecule has 0 unspecified atom stereocenters. The molecule has 0 amide bonds. The van der Waals surface area contributed by atoms with E-state index in [0.29, 0.717) is 18.0 Å². The minimum absolute atomic E-state index is 0.00105. The highest BCUT2D eigenvalue weighted by Gasteiger charge is 2.05. The van der Waals surface area contributed by atoms with Gasteiger partial charge in [-0.2, -0.15) is 15.6 Å². The molecule has 0 aliphatic carbocycles. The average molecular weight is 293 g/mol. The molecule has 0 aliphatic heterocycles. The Hall–Kier alpha value is -3.25. The molecule has 110 valence electrons. The lowest BCUT2D eigenvalue weighted by atomic mass is 10.3. The number of nitriles is 2. The Morgan fingerprint density at radius 3 is 2.82 bits per heavy atom. The number of anilines is 1. The van der Waals surface area contributed by atoms with E-state index in [0.717, 1.165) is 12.2 Å². The molecule has 1 aromatic carbocycles. The minimum atomic E-state index is -0.00105. The molecule has 0 spiro atoms. The third-order valence-corrected chi connectivity index (χ3v) is 2.98. The molecular weight excluding hydrogens is 278 g/mol. The van der Waals surface area contributed by atoms with Crippen LogP contribution >= 0.6 is 0 Å². The normalized spacial score (nSPS) is 9.41. The van der Waals surface area contributed by atoms with E-state index in [2.05, 4.69) is 10.4 Å². The van der Waals surface area contributed by atoms with Crippen LogP contribution in [0.4, 0.5) is 5.69 Å². The van der Waals surface area contributed by atoms with Crippen LogP contribution in [0, 0.1) is 22.7 Å². The van der Waals surface area contributed by atoms with Gasteiger partial charge in [-0.25, -0.2) is 0 Å². The van der Waals surface area contributed by atoms with Crippen molar-refractivity contribution in [2.75, 3.05) is 5.32 Å². The van der Waals surface area contributed by atoms with E-state index in [-0.39, 0.29) is 5.57 Å². The van der Waals surface area contributed by atoms with Gasteiger partial charge >= 0.3 is 0 Å². The molecule has 1 N–H and O–H groups in total. The van der Waals surface area contributed by atoms with Crippen LogP contribution in [0.1, 0.15) is 12.6 Å². The first kappa shape index (κ1) is 15.1. The van der Waals surface area contributed by atoms with Gasteiger partial charge in [0.15, 0.2) is 0 Å². The Kier molecular flexibility index (Phi) is 5.17. The van der Waals surface area contributed by atoms with Crippen molar-refractivity contribution in [1.82, 2.24) is 9.78 Å². The number of benzene rings is 1. The van der Waals surface area contributed by atoms with Gasteiger partial charge in [0.05, 0.1) is 11.4 Å². The number of nitrogens with one attached hydrogen (secondary N) is 1. The molecule has 6 heteroatoms. The summed E-state index contributed by atoms with van der Waals surface area (Å²) >= 11 is 0. The van der Waals surface area contributed by atoms with Crippen LogP contribution in [0.5, 0.6) is 5.75 Å². The quantitative estimate of drug-likeness (QED) is 0.827. The zero-order valence-corrected chi connectivity index (χ0v) is 12.2. The van der Waals surface area contributed by atoms with Crippen molar-refractivity contribution in [2.45, 2.75) is 20.1 Å². The lowest BCUT2D eigenvalue weighted by Crippen LogP contribution is -2.06. The van der Waals surface area contributed by atoms with Crippen LogP contribution in [0.2, 0.25) is 0 Å². The molecule has 0 aliphatic rings. The van der Waals surface area contributed by atoms with Gasteiger partial charge < -0.3 is 10.1 Å². The molecule has 22 heavy (non-hydrogen) atoms. The van der Waals surface area contributed by atoms with E-state index in [4.69, 9.17) is 15.3 Å². The Morgan fingerprint density at radius 1 is 1.32 bits per heavy atom. The molecule has 0 atom stereocenters. The summed E-state index contributed by atoms with van der Waals surface area (Å²) in [7, 11) is 0. The summed E-state index contributed by atoms with van der Waals surface area (Å²) in [5.74, 6) is 0.637. The zero-order chi connectivity index (χ0) is 15.8. The highest BCUT2D eigenvalue weighted by Crippen LogP contribution is 2.25.